The number of carbonyl (C=O) groups excluding carboxylic acids is 1. The van der Waals surface area contributed by atoms with Crippen LogP contribution in [-0.2, 0) is 9.63 Å². The maximum atomic E-state index is 10.8. The molecule has 0 spiro atoms. The van der Waals surface area contributed by atoms with Crippen molar-refractivity contribution in [1.29, 1.82) is 0 Å². The highest BCUT2D eigenvalue weighted by atomic mass is 16.7. The van der Waals surface area contributed by atoms with E-state index in [9.17, 15) is 4.79 Å². The molecule has 0 saturated heterocycles. The van der Waals surface area contributed by atoms with Crippen molar-refractivity contribution in [3.63, 3.8) is 0 Å². The van der Waals surface area contributed by atoms with E-state index < -0.39 is 12.1 Å². The van der Waals surface area contributed by atoms with Crippen LogP contribution in [0.5, 0.6) is 0 Å². The molecule has 78 valence electrons. The summed E-state index contributed by atoms with van der Waals surface area (Å²) in [4.78, 5) is 14.8. The van der Waals surface area contributed by atoms with Gasteiger partial charge in [-0.2, -0.15) is 5.90 Å². The normalized spacial score (nSPS) is 15.1. The standard InChI is InChI=1S/C8H19N3O2/c1-3-5-6(4-2)11-7(9)8(12)13-10/h6-7,11H,3-5,9-10H2,1-2H3. The summed E-state index contributed by atoms with van der Waals surface area (Å²) in [6, 6.07) is 0.249. The average Bonchev–Trinajstić information content (AvgIpc) is 2.15. The van der Waals surface area contributed by atoms with Crippen molar-refractivity contribution in [1.82, 2.24) is 5.32 Å². The fraction of sp³-hybridized carbons (Fsp3) is 0.875. The summed E-state index contributed by atoms with van der Waals surface area (Å²) in [7, 11) is 0. The Hall–Kier alpha value is -0.650. The second kappa shape index (κ2) is 6.82. The van der Waals surface area contributed by atoms with Crippen LogP contribution in [0, 0.1) is 0 Å². The Labute approximate surface area is 78.8 Å². The number of hydrogen-bond donors (Lipinski definition) is 3. The molecule has 0 saturated carbocycles. The van der Waals surface area contributed by atoms with Gasteiger partial charge < -0.3 is 10.6 Å². The molecular formula is C8H19N3O2. The molecule has 0 fully saturated rings. The lowest BCUT2D eigenvalue weighted by Gasteiger charge is -2.19. The predicted octanol–water partition coefficient (Wildman–Crippen LogP) is -0.144. The van der Waals surface area contributed by atoms with Crippen LogP contribution < -0.4 is 16.9 Å². The zero-order chi connectivity index (χ0) is 10.3. The Kier molecular flexibility index (Phi) is 6.48. The number of nitrogens with one attached hydrogen (secondary N) is 1. The maximum Gasteiger partial charge on any atom is 0.356 e. The first-order chi connectivity index (χ1) is 6.15. The quantitative estimate of drug-likeness (QED) is 0.399. The molecule has 0 radical (unpaired) electrons. The molecule has 0 rings (SSSR count). The van der Waals surface area contributed by atoms with Gasteiger partial charge in [0.1, 0.15) is 0 Å². The van der Waals surface area contributed by atoms with Gasteiger partial charge in [-0.05, 0) is 12.8 Å². The van der Waals surface area contributed by atoms with E-state index in [1.807, 2.05) is 6.92 Å². The molecule has 13 heavy (non-hydrogen) atoms. The second-order valence-electron chi connectivity index (χ2n) is 2.98. The molecule has 2 atom stereocenters. The zero-order valence-corrected chi connectivity index (χ0v) is 8.25. The van der Waals surface area contributed by atoms with Crippen molar-refractivity contribution in [2.24, 2.45) is 11.6 Å². The van der Waals surface area contributed by atoms with Gasteiger partial charge in [0.05, 0.1) is 0 Å². The van der Waals surface area contributed by atoms with Gasteiger partial charge in [-0.1, -0.05) is 20.3 Å². The predicted molar refractivity (Wildman–Crippen MR) is 50.4 cm³/mol. The SMILES string of the molecule is CCCC(CC)NC(N)C(=O)ON. The molecule has 0 aliphatic rings. The molecule has 0 heterocycles. The molecule has 2 unspecified atom stereocenters. The van der Waals surface area contributed by atoms with Crippen LogP contribution >= 0.6 is 0 Å². The van der Waals surface area contributed by atoms with E-state index in [0.717, 1.165) is 19.3 Å². The van der Waals surface area contributed by atoms with Crippen LogP contribution in [-0.4, -0.2) is 18.2 Å². The van der Waals surface area contributed by atoms with Crippen molar-refractivity contribution in [3.05, 3.63) is 0 Å². The van der Waals surface area contributed by atoms with Crippen molar-refractivity contribution < 1.29 is 9.63 Å². The van der Waals surface area contributed by atoms with Gasteiger partial charge in [-0.15, -0.1) is 0 Å². The Morgan fingerprint density at radius 1 is 1.54 bits per heavy atom. The summed E-state index contributed by atoms with van der Waals surface area (Å²) in [5.74, 6) is 4.06. The van der Waals surface area contributed by atoms with E-state index in [0.29, 0.717) is 0 Å². The summed E-state index contributed by atoms with van der Waals surface area (Å²) in [5.41, 5.74) is 5.47. The Bertz CT molecular complexity index is 152. The van der Waals surface area contributed by atoms with Crippen LogP contribution in [0.4, 0.5) is 0 Å². The lowest BCUT2D eigenvalue weighted by molar-refractivity contribution is -0.146. The van der Waals surface area contributed by atoms with Crippen LogP contribution in [0.25, 0.3) is 0 Å². The molecule has 0 aromatic carbocycles. The van der Waals surface area contributed by atoms with Gasteiger partial charge in [-0.3, -0.25) is 5.32 Å². The van der Waals surface area contributed by atoms with Crippen molar-refractivity contribution in [3.8, 4) is 0 Å². The van der Waals surface area contributed by atoms with Crippen molar-refractivity contribution in [2.45, 2.75) is 45.3 Å². The summed E-state index contributed by atoms with van der Waals surface area (Å²) < 4.78 is 0. The summed E-state index contributed by atoms with van der Waals surface area (Å²) >= 11 is 0. The van der Waals surface area contributed by atoms with E-state index in [1.165, 1.54) is 0 Å². The minimum absolute atomic E-state index is 0.249. The lowest BCUT2D eigenvalue weighted by atomic mass is 10.1. The van der Waals surface area contributed by atoms with Gasteiger partial charge in [-0.25, -0.2) is 4.79 Å². The van der Waals surface area contributed by atoms with Crippen LogP contribution in [0.15, 0.2) is 0 Å². The molecule has 5 heteroatoms. The molecule has 0 bridgehead atoms. The van der Waals surface area contributed by atoms with Gasteiger partial charge in [0, 0.05) is 6.04 Å². The summed E-state index contributed by atoms with van der Waals surface area (Å²) in [5, 5.41) is 2.94. The smallest absolute Gasteiger partial charge is 0.356 e. The van der Waals surface area contributed by atoms with Gasteiger partial charge in [0.15, 0.2) is 6.17 Å². The minimum Gasteiger partial charge on any atom is -0.371 e. The highest BCUT2D eigenvalue weighted by Gasteiger charge is 2.17. The first-order valence-electron chi connectivity index (χ1n) is 4.57. The van der Waals surface area contributed by atoms with Gasteiger partial charge in [0.25, 0.3) is 0 Å². The average molecular weight is 189 g/mol. The zero-order valence-electron chi connectivity index (χ0n) is 8.25. The molecule has 5 N–H and O–H groups in total. The van der Waals surface area contributed by atoms with E-state index in [-0.39, 0.29) is 6.04 Å². The fourth-order valence-electron chi connectivity index (χ4n) is 1.15. The third kappa shape index (κ3) is 4.82. The van der Waals surface area contributed by atoms with Crippen molar-refractivity contribution >= 4 is 5.97 Å². The van der Waals surface area contributed by atoms with Crippen LogP contribution in [0.3, 0.4) is 0 Å². The number of rotatable bonds is 6. The first kappa shape index (κ1) is 12.3. The van der Waals surface area contributed by atoms with Gasteiger partial charge >= 0.3 is 5.97 Å². The summed E-state index contributed by atoms with van der Waals surface area (Å²) in [6.45, 7) is 4.12. The van der Waals surface area contributed by atoms with Crippen LogP contribution in [0.2, 0.25) is 0 Å². The monoisotopic (exact) mass is 189 g/mol. The maximum absolute atomic E-state index is 10.8. The van der Waals surface area contributed by atoms with Gasteiger partial charge in [0.2, 0.25) is 0 Å². The van der Waals surface area contributed by atoms with Crippen LogP contribution in [0.1, 0.15) is 33.1 Å². The minimum atomic E-state index is -0.818. The Morgan fingerprint density at radius 3 is 2.54 bits per heavy atom. The van der Waals surface area contributed by atoms with E-state index >= 15 is 0 Å². The third-order valence-corrected chi connectivity index (χ3v) is 1.92. The number of carbonyl (C=O) groups is 1. The topological polar surface area (TPSA) is 90.4 Å². The van der Waals surface area contributed by atoms with E-state index in [1.54, 1.807) is 0 Å². The second-order valence-corrected chi connectivity index (χ2v) is 2.98. The first-order valence-corrected chi connectivity index (χ1v) is 4.57. The molecule has 0 aromatic heterocycles. The number of hydrogen-bond acceptors (Lipinski definition) is 5. The lowest BCUT2D eigenvalue weighted by Crippen LogP contribution is -2.50. The molecule has 5 nitrogen and oxygen atoms in total. The van der Waals surface area contributed by atoms with Crippen molar-refractivity contribution in [2.75, 3.05) is 0 Å². The number of nitrogens with two attached hydrogens (primary N) is 2. The Morgan fingerprint density at radius 2 is 2.15 bits per heavy atom. The largest absolute Gasteiger partial charge is 0.371 e. The summed E-state index contributed by atoms with van der Waals surface area (Å²) in [6.07, 6.45) is 2.15. The fourth-order valence-corrected chi connectivity index (χ4v) is 1.15. The highest BCUT2D eigenvalue weighted by Crippen LogP contribution is 2.01. The van der Waals surface area contributed by atoms with E-state index in [2.05, 4.69) is 17.1 Å². The molecular weight excluding hydrogens is 170 g/mol. The van der Waals surface area contributed by atoms with E-state index in [4.69, 9.17) is 11.6 Å². The molecule has 0 aliphatic carbocycles. The highest BCUT2D eigenvalue weighted by molar-refractivity contribution is 5.74. The molecule has 0 amide bonds. The molecule has 0 aromatic rings. The third-order valence-electron chi connectivity index (χ3n) is 1.92. The molecule has 0 aliphatic heterocycles. The Balaban J connectivity index is 3.85.